The van der Waals surface area contributed by atoms with Crippen LogP contribution in [0, 0.1) is 0 Å². The fourth-order valence-corrected chi connectivity index (χ4v) is 2.35. The molecule has 1 aliphatic rings. The average molecular weight is 292 g/mol. The first-order valence-corrected chi connectivity index (χ1v) is 6.66. The number of amides is 2. The summed E-state index contributed by atoms with van der Waals surface area (Å²) in [5.41, 5.74) is 12.8. The van der Waals surface area contributed by atoms with E-state index in [4.69, 9.17) is 16.2 Å². The van der Waals surface area contributed by atoms with Crippen LogP contribution in [0.4, 0.5) is 11.4 Å². The summed E-state index contributed by atoms with van der Waals surface area (Å²) in [6, 6.07) is 4.38. The number of nitrogens with two attached hydrogens (primary N) is 2. The van der Waals surface area contributed by atoms with Crippen molar-refractivity contribution in [3.05, 3.63) is 23.8 Å². The number of rotatable bonds is 3. The van der Waals surface area contributed by atoms with Crippen LogP contribution >= 0.6 is 0 Å². The van der Waals surface area contributed by atoms with E-state index in [0.717, 1.165) is 5.69 Å². The normalized spacial score (nSPS) is 18.4. The Morgan fingerprint density at radius 3 is 2.71 bits per heavy atom. The Kier molecular flexibility index (Phi) is 4.32. The molecule has 0 spiro atoms. The first-order chi connectivity index (χ1) is 9.91. The third-order valence-corrected chi connectivity index (χ3v) is 3.45. The molecule has 0 radical (unpaired) electrons. The number of primary amides is 1. The number of carbonyl (C=O) groups excluding carboxylic acids is 2. The van der Waals surface area contributed by atoms with Crippen molar-refractivity contribution in [3.63, 3.8) is 0 Å². The van der Waals surface area contributed by atoms with Gasteiger partial charge in [-0.25, -0.2) is 0 Å². The van der Waals surface area contributed by atoms with Crippen LogP contribution in [-0.2, 0) is 9.53 Å². The van der Waals surface area contributed by atoms with Crippen LogP contribution in [0.15, 0.2) is 18.2 Å². The topological polar surface area (TPSA) is 102 Å². The van der Waals surface area contributed by atoms with Crippen molar-refractivity contribution in [3.8, 4) is 0 Å². The molecule has 21 heavy (non-hydrogen) atoms. The zero-order chi connectivity index (χ0) is 15.6. The van der Waals surface area contributed by atoms with E-state index >= 15 is 0 Å². The molecule has 1 fully saturated rings. The molecule has 4 N–H and O–H groups in total. The predicted octanol–water partition coefficient (Wildman–Crippen LogP) is -0.339. The molecule has 2 rings (SSSR count). The van der Waals surface area contributed by atoms with Crippen LogP contribution in [0.1, 0.15) is 10.4 Å². The number of benzene rings is 1. The van der Waals surface area contributed by atoms with Crippen LogP contribution in [0.2, 0.25) is 0 Å². The summed E-state index contributed by atoms with van der Waals surface area (Å²) in [5.74, 6) is -0.837. The summed E-state index contributed by atoms with van der Waals surface area (Å²) in [4.78, 5) is 27.5. The van der Waals surface area contributed by atoms with Gasteiger partial charge in [-0.15, -0.1) is 0 Å². The molecule has 0 aliphatic carbocycles. The van der Waals surface area contributed by atoms with Gasteiger partial charge < -0.3 is 26.0 Å². The Labute approximate surface area is 123 Å². The zero-order valence-electron chi connectivity index (χ0n) is 12.2. The number of morpholine rings is 1. The van der Waals surface area contributed by atoms with Crippen molar-refractivity contribution in [2.24, 2.45) is 5.73 Å². The van der Waals surface area contributed by atoms with Gasteiger partial charge in [0.1, 0.15) is 6.04 Å². The molecule has 1 saturated heterocycles. The van der Waals surface area contributed by atoms with Crippen LogP contribution in [0.3, 0.4) is 0 Å². The van der Waals surface area contributed by atoms with Gasteiger partial charge in [-0.2, -0.15) is 0 Å². The Hall–Kier alpha value is -2.28. The first kappa shape index (κ1) is 15.1. The molecule has 1 aromatic carbocycles. The Bertz CT molecular complexity index is 559. The van der Waals surface area contributed by atoms with E-state index in [1.165, 1.54) is 4.90 Å². The summed E-state index contributed by atoms with van der Waals surface area (Å²) < 4.78 is 5.23. The Morgan fingerprint density at radius 1 is 1.38 bits per heavy atom. The van der Waals surface area contributed by atoms with Crippen LogP contribution < -0.4 is 16.4 Å². The van der Waals surface area contributed by atoms with Crippen molar-refractivity contribution in [1.82, 2.24) is 4.90 Å². The third kappa shape index (κ3) is 3.08. The second-order valence-corrected chi connectivity index (χ2v) is 5.16. The average Bonchev–Trinajstić information content (AvgIpc) is 2.46. The fourth-order valence-electron chi connectivity index (χ4n) is 2.35. The Balaban J connectivity index is 2.38. The van der Waals surface area contributed by atoms with E-state index in [0.29, 0.717) is 24.4 Å². The second kappa shape index (κ2) is 6.01. The Morgan fingerprint density at radius 2 is 2.10 bits per heavy atom. The third-order valence-electron chi connectivity index (χ3n) is 3.45. The quantitative estimate of drug-likeness (QED) is 0.742. The van der Waals surface area contributed by atoms with E-state index < -0.39 is 11.9 Å². The lowest BCUT2D eigenvalue weighted by molar-refractivity contribution is -0.127. The van der Waals surface area contributed by atoms with E-state index in [9.17, 15) is 9.59 Å². The van der Waals surface area contributed by atoms with Crippen molar-refractivity contribution in [2.75, 3.05) is 44.5 Å². The number of anilines is 2. The highest BCUT2D eigenvalue weighted by Gasteiger charge is 2.33. The highest BCUT2D eigenvalue weighted by atomic mass is 16.5. The zero-order valence-corrected chi connectivity index (χ0v) is 12.2. The lowest BCUT2D eigenvalue weighted by atomic mass is 10.1. The minimum absolute atomic E-state index is 0.126. The molecule has 1 aliphatic heterocycles. The van der Waals surface area contributed by atoms with Gasteiger partial charge in [-0.05, 0) is 18.2 Å². The summed E-state index contributed by atoms with van der Waals surface area (Å²) in [7, 11) is 3.68. The number of hydrogen-bond donors (Lipinski definition) is 2. The summed E-state index contributed by atoms with van der Waals surface area (Å²) in [6.45, 7) is 0.837. The minimum Gasteiger partial charge on any atom is -0.399 e. The van der Waals surface area contributed by atoms with Crippen LogP contribution in [0.25, 0.3) is 0 Å². The van der Waals surface area contributed by atoms with Crippen LogP contribution in [0.5, 0.6) is 0 Å². The fraction of sp³-hybridized carbons (Fsp3) is 0.429. The van der Waals surface area contributed by atoms with E-state index in [1.807, 2.05) is 19.0 Å². The highest BCUT2D eigenvalue weighted by Crippen LogP contribution is 2.24. The molecular formula is C14H20N4O3. The van der Waals surface area contributed by atoms with Gasteiger partial charge in [0, 0.05) is 32.0 Å². The SMILES string of the molecule is CN(C)c1ccc(N)cc1C(=O)N1CCOCC1C(N)=O. The van der Waals surface area contributed by atoms with Gasteiger partial charge >= 0.3 is 0 Å². The van der Waals surface area contributed by atoms with Crippen molar-refractivity contribution in [2.45, 2.75) is 6.04 Å². The van der Waals surface area contributed by atoms with E-state index in [-0.39, 0.29) is 12.5 Å². The van der Waals surface area contributed by atoms with Gasteiger partial charge in [-0.3, -0.25) is 9.59 Å². The lowest BCUT2D eigenvalue weighted by Crippen LogP contribution is -2.54. The largest absolute Gasteiger partial charge is 0.399 e. The maximum Gasteiger partial charge on any atom is 0.256 e. The van der Waals surface area contributed by atoms with E-state index in [1.54, 1.807) is 18.2 Å². The molecular weight excluding hydrogens is 272 g/mol. The maximum atomic E-state index is 12.8. The molecule has 7 heteroatoms. The standard InChI is InChI=1S/C14H20N4O3/c1-17(2)11-4-3-9(15)7-10(11)14(20)18-5-6-21-8-12(18)13(16)19/h3-4,7,12H,5-6,8,15H2,1-2H3,(H2,16,19). The number of ether oxygens (including phenoxy) is 1. The summed E-state index contributed by atoms with van der Waals surface area (Å²) in [5, 5.41) is 0. The monoisotopic (exact) mass is 292 g/mol. The lowest BCUT2D eigenvalue weighted by Gasteiger charge is -2.34. The number of nitrogens with zero attached hydrogens (tertiary/aromatic N) is 2. The summed E-state index contributed by atoms with van der Waals surface area (Å²) in [6.07, 6.45) is 0. The molecule has 114 valence electrons. The van der Waals surface area contributed by atoms with Crippen LogP contribution in [-0.4, -0.2) is 56.6 Å². The number of nitrogen functional groups attached to an aromatic ring is 1. The van der Waals surface area contributed by atoms with Gasteiger partial charge in [0.25, 0.3) is 5.91 Å². The molecule has 1 aromatic rings. The van der Waals surface area contributed by atoms with Gasteiger partial charge in [-0.1, -0.05) is 0 Å². The summed E-state index contributed by atoms with van der Waals surface area (Å²) >= 11 is 0. The predicted molar refractivity (Wildman–Crippen MR) is 80.0 cm³/mol. The molecule has 0 aromatic heterocycles. The minimum atomic E-state index is -0.748. The first-order valence-electron chi connectivity index (χ1n) is 6.66. The van der Waals surface area contributed by atoms with Crippen molar-refractivity contribution >= 4 is 23.2 Å². The van der Waals surface area contributed by atoms with Crippen molar-refractivity contribution in [1.29, 1.82) is 0 Å². The molecule has 1 unspecified atom stereocenters. The second-order valence-electron chi connectivity index (χ2n) is 5.16. The molecule has 0 saturated carbocycles. The molecule has 0 bridgehead atoms. The highest BCUT2D eigenvalue weighted by molar-refractivity contribution is 6.02. The van der Waals surface area contributed by atoms with Crippen molar-refractivity contribution < 1.29 is 14.3 Å². The molecule has 1 atom stereocenters. The molecule has 1 heterocycles. The molecule has 2 amide bonds. The van der Waals surface area contributed by atoms with Gasteiger partial charge in [0.05, 0.1) is 18.8 Å². The number of carbonyl (C=O) groups is 2. The van der Waals surface area contributed by atoms with Gasteiger partial charge in [0.2, 0.25) is 5.91 Å². The molecule has 7 nitrogen and oxygen atoms in total. The number of hydrogen-bond acceptors (Lipinski definition) is 5. The smallest absolute Gasteiger partial charge is 0.256 e. The van der Waals surface area contributed by atoms with Gasteiger partial charge in [0.15, 0.2) is 0 Å². The van der Waals surface area contributed by atoms with E-state index in [2.05, 4.69) is 0 Å². The maximum absolute atomic E-state index is 12.8.